The molecule has 0 aromatic carbocycles. The third-order valence-corrected chi connectivity index (χ3v) is 5.70. The number of guanidine groups is 1. The lowest BCUT2D eigenvalue weighted by Crippen LogP contribution is -2.57. The van der Waals surface area contributed by atoms with Gasteiger partial charge in [0.05, 0.1) is 6.04 Å². The lowest BCUT2D eigenvalue weighted by molar-refractivity contribution is -0.141. The second-order valence-electron chi connectivity index (χ2n) is 9.89. The SMILES string of the molecule is CC(C)C[C@H](N)C(=O)N[C@H](CCCN=C(N)N)C(=O)N[C@@H](C)C(=O)N[C@H](CCCCN)C(=O)N[C@H](C)C(=O)O. The molecule has 0 rings (SSSR count). The van der Waals surface area contributed by atoms with E-state index in [4.69, 9.17) is 28.0 Å². The van der Waals surface area contributed by atoms with Crippen LogP contribution < -0.4 is 44.2 Å². The number of nitrogens with zero attached hydrogens (tertiary/aromatic N) is 1. The van der Waals surface area contributed by atoms with Crippen LogP contribution in [0.1, 0.15) is 66.2 Å². The number of carbonyl (C=O) groups excluding carboxylic acids is 4. The quantitative estimate of drug-likeness (QED) is 0.0461. The molecule has 0 fully saturated rings. The Morgan fingerprint density at radius 1 is 0.744 bits per heavy atom. The maximum Gasteiger partial charge on any atom is 0.325 e. The molecule has 0 radical (unpaired) electrons. The lowest BCUT2D eigenvalue weighted by Gasteiger charge is -2.25. The predicted octanol–water partition coefficient (Wildman–Crippen LogP) is -2.39. The van der Waals surface area contributed by atoms with E-state index in [0.29, 0.717) is 32.2 Å². The number of nitrogens with two attached hydrogens (primary N) is 4. The minimum Gasteiger partial charge on any atom is -0.480 e. The van der Waals surface area contributed by atoms with E-state index in [9.17, 15) is 24.0 Å². The second kappa shape index (κ2) is 18.7. The number of nitrogens with one attached hydrogen (secondary N) is 4. The van der Waals surface area contributed by atoms with E-state index >= 15 is 0 Å². The van der Waals surface area contributed by atoms with Crippen LogP contribution in [0.15, 0.2) is 4.99 Å². The first-order valence-electron chi connectivity index (χ1n) is 13.1. The van der Waals surface area contributed by atoms with Crippen LogP contribution in [0, 0.1) is 5.92 Å². The Hall–Kier alpha value is -3.46. The van der Waals surface area contributed by atoms with Crippen LogP contribution in [0.5, 0.6) is 0 Å². The smallest absolute Gasteiger partial charge is 0.325 e. The monoisotopic (exact) mass is 557 g/mol. The highest BCUT2D eigenvalue weighted by Gasteiger charge is 2.29. The van der Waals surface area contributed by atoms with E-state index in [1.807, 2.05) is 13.8 Å². The minimum absolute atomic E-state index is 0.105. The van der Waals surface area contributed by atoms with Gasteiger partial charge in [0.2, 0.25) is 23.6 Å². The zero-order valence-electron chi connectivity index (χ0n) is 23.4. The number of aliphatic carboxylic acids is 1. The van der Waals surface area contributed by atoms with Gasteiger partial charge >= 0.3 is 5.97 Å². The van der Waals surface area contributed by atoms with Gasteiger partial charge in [0.15, 0.2) is 5.96 Å². The highest BCUT2D eigenvalue weighted by molar-refractivity contribution is 5.95. The molecule has 0 saturated heterocycles. The summed E-state index contributed by atoms with van der Waals surface area (Å²) in [5, 5.41) is 19.1. The molecular formula is C24H47N9O6. The van der Waals surface area contributed by atoms with E-state index < -0.39 is 59.8 Å². The highest BCUT2D eigenvalue weighted by atomic mass is 16.4. The van der Waals surface area contributed by atoms with Gasteiger partial charge in [-0.3, -0.25) is 29.0 Å². The molecule has 0 unspecified atom stereocenters. The lowest BCUT2D eigenvalue weighted by atomic mass is 10.0. The molecule has 0 aliphatic rings. The Labute approximate surface area is 229 Å². The molecule has 0 aliphatic carbocycles. The Morgan fingerprint density at radius 3 is 1.74 bits per heavy atom. The number of hydrogen-bond acceptors (Lipinski definition) is 8. The molecule has 0 aromatic rings. The zero-order valence-corrected chi connectivity index (χ0v) is 23.4. The number of carboxylic acid groups (broad SMARTS) is 1. The molecule has 0 saturated carbocycles. The molecule has 15 heteroatoms. The summed E-state index contributed by atoms with van der Waals surface area (Å²) in [6, 6.07) is -5.11. The summed E-state index contributed by atoms with van der Waals surface area (Å²) in [4.78, 5) is 66.0. The minimum atomic E-state index is -1.22. The molecular weight excluding hydrogens is 510 g/mol. The Balaban J connectivity index is 5.41. The van der Waals surface area contributed by atoms with Gasteiger partial charge in [0.1, 0.15) is 24.2 Å². The number of rotatable bonds is 19. The van der Waals surface area contributed by atoms with Crippen molar-refractivity contribution in [1.29, 1.82) is 0 Å². The number of hydrogen-bond donors (Lipinski definition) is 9. The Morgan fingerprint density at radius 2 is 1.26 bits per heavy atom. The third-order valence-electron chi connectivity index (χ3n) is 5.70. The molecule has 0 aromatic heterocycles. The van der Waals surface area contributed by atoms with Crippen LogP contribution in [0.4, 0.5) is 0 Å². The third kappa shape index (κ3) is 15.5. The summed E-state index contributed by atoms with van der Waals surface area (Å²) >= 11 is 0. The van der Waals surface area contributed by atoms with Gasteiger partial charge < -0.3 is 49.3 Å². The molecule has 39 heavy (non-hydrogen) atoms. The highest BCUT2D eigenvalue weighted by Crippen LogP contribution is 2.06. The molecule has 0 bridgehead atoms. The normalized spacial score (nSPS) is 14.7. The van der Waals surface area contributed by atoms with Gasteiger partial charge in [0.25, 0.3) is 0 Å². The standard InChI is InChI=1S/C24H47N9O6/c1-13(2)12-16(26)20(35)33-18(9-7-11-29-24(27)28)21(36)30-14(3)19(34)32-17(8-5-6-10-25)22(37)31-15(4)23(38)39/h13-18H,5-12,25-26H2,1-4H3,(H,30,36)(H,31,37)(H,32,34)(H,33,35)(H,38,39)(H4,27,28,29)/t14-,15+,16-,17+,18+/m0/s1. The summed E-state index contributed by atoms with van der Waals surface area (Å²) in [7, 11) is 0. The number of unbranched alkanes of at least 4 members (excludes halogenated alkanes) is 1. The summed E-state index contributed by atoms with van der Waals surface area (Å²) < 4.78 is 0. The summed E-state index contributed by atoms with van der Waals surface area (Å²) in [5.74, 6) is -3.64. The first-order valence-corrected chi connectivity index (χ1v) is 13.1. The topological polar surface area (TPSA) is 270 Å². The molecule has 4 amide bonds. The molecule has 224 valence electrons. The number of carbonyl (C=O) groups is 5. The average molecular weight is 558 g/mol. The number of aliphatic imine (C=N–C) groups is 1. The number of amides is 4. The molecule has 5 atom stereocenters. The molecule has 0 heterocycles. The predicted molar refractivity (Wildman–Crippen MR) is 147 cm³/mol. The van der Waals surface area contributed by atoms with Crippen molar-refractivity contribution >= 4 is 35.6 Å². The second-order valence-corrected chi connectivity index (χ2v) is 9.89. The van der Waals surface area contributed by atoms with Crippen molar-refractivity contribution in [2.45, 2.75) is 96.4 Å². The van der Waals surface area contributed by atoms with Gasteiger partial charge in [-0.1, -0.05) is 13.8 Å². The van der Waals surface area contributed by atoms with Crippen LogP contribution in [-0.2, 0) is 24.0 Å². The van der Waals surface area contributed by atoms with Gasteiger partial charge in [-0.15, -0.1) is 0 Å². The van der Waals surface area contributed by atoms with Gasteiger partial charge in [0, 0.05) is 6.54 Å². The Kier molecular flexibility index (Phi) is 17.1. The van der Waals surface area contributed by atoms with Crippen molar-refractivity contribution in [3.8, 4) is 0 Å². The largest absolute Gasteiger partial charge is 0.480 e. The van der Waals surface area contributed by atoms with E-state index in [2.05, 4.69) is 26.3 Å². The molecule has 0 spiro atoms. The van der Waals surface area contributed by atoms with Gasteiger partial charge in [-0.25, -0.2) is 0 Å². The van der Waals surface area contributed by atoms with Crippen molar-refractivity contribution in [1.82, 2.24) is 21.3 Å². The first kappa shape index (κ1) is 35.5. The summed E-state index contributed by atoms with van der Waals surface area (Å²) in [6.07, 6.45) is 2.29. The van der Waals surface area contributed by atoms with Crippen LogP contribution in [0.2, 0.25) is 0 Å². The molecule has 0 aliphatic heterocycles. The molecule has 13 N–H and O–H groups in total. The van der Waals surface area contributed by atoms with Crippen molar-refractivity contribution in [3.05, 3.63) is 0 Å². The van der Waals surface area contributed by atoms with Crippen LogP contribution in [0.25, 0.3) is 0 Å². The van der Waals surface area contributed by atoms with Crippen LogP contribution >= 0.6 is 0 Å². The van der Waals surface area contributed by atoms with E-state index in [1.54, 1.807) is 0 Å². The average Bonchev–Trinajstić information content (AvgIpc) is 2.84. The first-order chi connectivity index (χ1) is 18.2. The van der Waals surface area contributed by atoms with Crippen LogP contribution in [0.3, 0.4) is 0 Å². The van der Waals surface area contributed by atoms with Crippen molar-refractivity contribution in [2.24, 2.45) is 33.8 Å². The fourth-order valence-corrected chi connectivity index (χ4v) is 3.48. The maximum atomic E-state index is 13.0. The molecule has 15 nitrogen and oxygen atoms in total. The fraction of sp³-hybridized carbons (Fsp3) is 0.750. The maximum absolute atomic E-state index is 13.0. The summed E-state index contributed by atoms with van der Waals surface area (Å²) in [6.45, 7) is 7.17. The van der Waals surface area contributed by atoms with E-state index in [-0.39, 0.29) is 31.3 Å². The van der Waals surface area contributed by atoms with Gasteiger partial charge in [-0.05, 0) is 64.8 Å². The zero-order chi connectivity index (χ0) is 30.1. The Bertz CT molecular complexity index is 848. The fourth-order valence-electron chi connectivity index (χ4n) is 3.48. The van der Waals surface area contributed by atoms with Crippen LogP contribution in [-0.4, -0.2) is 84.0 Å². The van der Waals surface area contributed by atoms with E-state index in [1.165, 1.54) is 13.8 Å². The van der Waals surface area contributed by atoms with Gasteiger partial charge in [-0.2, -0.15) is 0 Å². The summed E-state index contributed by atoms with van der Waals surface area (Å²) in [5.41, 5.74) is 22.1. The van der Waals surface area contributed by atoms with Crippen molar-refractivity contribution in [2.75, 3.05) is 13.1 Å². The van der Waals surface area contributed by atoms with E-state index in [0.717, 1.165) is 0 Å². The van der Waals surface area contributed by atoms with Crippen molar-refractivity contribution in [3.63, 3.8) is 0 Å². The number of carboxylic acids is 1. The van der Waals surface area contributed by atoms with Crippen molar-refractivity contribution < 1.29 is 29.1 Å².